The molecule has 0 radical (unpaired) electrons. The van der Waals surface area contributed by atoms with Crippen molar-refractivity contribution in [1.29, 1.82) is 0 Å². The molecule has 1 unspecified atom stereocenters. The summed E-state index contributed by atoms with van der Waals surface area (Å²) in [7, 11) is 1.89. The Morgan fingerprint density at radius 2 is 2.09 bits per heavy atom. The van der Waals surface area contributed by atoms with Crippen LogP contribution in [0.1, 0.15) is 34.8 Å². The van der Waals surface area contributed by atoms with Crippen LogP contribution >= 0.6 is 11.3 Å². The number of nitrogens with zero attached hydrogens (tertiary/aromatic N) is 4. The fourth-order valence-corrected chi connectivity index (χ4v) is 4.61. The quantitative estimate of drug-likeness (QED) is 0.677. The molecule has 0 saturated carbocycles. The molecule has 0 amide bonds. The molecule has 1 aromatic rings. The van der Waals surface area contributed by atoms with Crippen LogP contribution < -0.4 is 5.32 Å². The first kappa shape index (κ1) is 16.7. The highest BCUT2D eigenvalue weighted by molar-refractivity contribution is 7.11. The minimum Gasteiger partial charge on any atom is -0.351 e. The molecule has 6 heteroatoms. The Morgan fingerprint density at radius 3 is 2.74 bits per heavy atom. The molecule has 0 aliphatic carbocycles. The molecule has 128 valence electrons. The maximum absolute atomic E-state index is 4.50. The molecule has 5 nitrogen and oxygen atoms in total. The maximum atomic E-state index is 4.50. The average molecular weight is 336 g/mol. The molecule has 2 fully saturated rings. The summed E-state index contributed by atoms with van der Waals surface area (Å²) in [5.41, 5.74) is 1.14. The summed E-state index contributed by atoms with van der Waals surface area (Å²) in [6.07, 6.45) is 4.05. The van der Waals surface area contributed by atoms with Crippen molar-refractivity contribution in [3.05, 3.63) is 15.6 Å². The van der Waals surface area contributed by atoms with Crippen molar-refractivity contribution in [3.8, 4) is 0 Å². The van der Waals surface area contributed by atoms with E-state index in [4.69, 9.17) is 0 Å². The van der Waals surface area contributed by atoms with Crippen molar-refractivity contribution >= 4 is 17.3 Å². The highest BCUT2D eigenvalue weighted by atomic mass is 32.1. The fraction of sp³-hybridized carbons (Fsp3) is 0.765. The summed E-state index contributed by atoms with van der Waals surface area (Å²) in [4.78, 5) is 15.4. The van der Waals surface area contributed by atoms with Gasteiger partial charge in [0.05, 0.1) is 17.2 Å². The highest BCUT2D eigenvalue weighted by Gasteiger charge is 2.27. The second kappa shape index (κ2) is 7.62. The SMILES string of the molecule is CN=C(NCc1sc(C)nc1C)N1CCC(CN2CCCC2)C1. The van der Waals surface area contributed by atoms with Crippen LogP contribution in [0.3, 0.4) is 0 Å². The molecule has 1 N–H and O–H groups in total. The second-order valence-electron chi connectivity index (χ2n) is 6.75. The molecular formula is C17H29N5S. The number of guanidine groups is 1. The van der Waals surface area contributed by atoms with Gasteiger partial charge in [0, 0.05) is 31.6 Å². The predicted molar refractivity (Wildman–Crippen MR) is 97.1 cm³/mol. The van der Waals surface area contributed by atoms with Gasteiger partial charge in [0.1, 0.15) is 0 Å². The number of nitrogens with one attached hydrogen (secondary N) is 1. The monoisotopic (exact) mass is 335 g/mol. The second-order valence-corrected chi connectivity index (χ2v) is 8.04. The summed E-state index contributed by atoms with van der Waals surface area (Å²) in [5, 5.41) is 4.67. The fourth-order valence-electron chi connectivity index (χ4n) is 3.73. The largest absolute Gasteiger partial charge is 0.351 e. The molecule has 2 saturated heterocycles. The van der Waals surface area contributed by atoms with Gasteiger partial charge in [-0.3, -0.25) is 4.99 Å². The van der Waals surface area contributed by atoms with Crippen molar-refractivity contribution < 1.29 is 0 Å². The summed E-state index contributed by atoms with van der Waals surface area (Å²) in [5.74, 6) is 1.83. The van der Waals surface area contributed by atoms with Gasteiger partial charge in [-0.1, -0.05) is 0 Å². The van der Waals surface area contributed by atoms with E-state index in [9.17, 15) is 0 Å². The van der Waals surface area contributed by atoms with Crippen LogP contribution in [0.5, 0.6) is 0 Å². The van der Waals surface area contributed by atoms with Crippen molar-refractivity contribution in [3.63, 3.8) is 0 Å². The Morgan fingerprint density at radius 1 is 1.30 bits per heavy atom. The van der Waals surface area contributed by atoms with Gasteiger partial charge in [0.2, 0.25) is 0 Å². The first-order valence-electron chi connectivity index (χ1n) is 8.76. The van der Waals surface area contributed by atoms with Gasteiger partial charge >= 0.3 is 0 Å². The van der Waals surface area contributed by atoms with E-state index in [0.717, 1.165) is 42.2 Å². The number of hydrogen-bond acceptors (Lipinski definition) is 4. The molecule has 3 rings (SSSR count). The lowest BCUT2D eigenvalue weighted by Gasteiger charge is -2.23. The summed E-state index contributed by atoms with van der Waals surface area (Å²) < 4.78 is 0. The molecule has 0 bridgehead atoms. The van der Waals surface area contributed by atoms with Crippen LogP contribution in [0, 0.1) is 19.8 Å². The van der Waals surface area contributed by atoms with E-state index in [0.29, 0.717) is 0 Å². The Kier molecular flexibility index (Phi) is 5.54. The van der Waals surface area contributed by atoms with Gasteiger partial charge in [-0.25, -0.2) is 4.98 Å². The van der Waals surface area contributed by atoms with Crippen molar-refractivity contribution in [2.45, 2.75) is 39.7 Å². The van der Waals surface area contributed by atoms with Gasteiger partial charge in [-0.2, -0.15) is 0 Å². The molecule has 2 aliphatic heterocycles. The van der Waals surface area contributed by atoms with Gasteiger partial charge in [0.15, 0.2) is 5.96 Å². The predicted octanol–water partition coefficient (Wildman–Crippen LogP) is 2.25. The number of aryl methyl sites for hydroxylation is 2. The number of aromatic nitrogens is 1. The van der Waals surface area contributed by atoms with Crippen LogP contribution in [-0.4, -0.2) is 60.5 Å². The standard InChI is InChI=1S/C17H29N5S/c1-13-16(23-14(2)20-13)10-19-17(18-3)22-9-6-15(12-22)11-21-7-4-5-8-21/h15H,4-12H2,1-3H3,(H,18,19). The minimum absolute atomic E-state index is 0.791. The van der Waals surface area contributed by atoms with Gasteiger partial charge < -0.3 is 15.1 Å². The van der Waals surface area contributed by atoms with E-state index in [1.165, 1.54) is 43.8 Å². The number of likely N-dealkylation sites (tertiary alicyclic amines) is 2. The highest BCUT2D eigenvalue weighted by Crippen LogP contribution is 2.21. The third kappa shape index (κ3) is 4.23. The minimum atomic E-state index is 0.791. The van der Waals surface area contributed by atoms with Crippen molar-refractivity contribution in [2.75, 3.05) is 39.8 Å². The lowest BCUT2D eigenvalue weighted by molar-refractivity contribution is 0.281. The van der Waals surface area contributed by atoms with Gasteiger partial charge in [0.25, 0.3) is 0 Å². The van der Waals surface area contributed by atoms with Crippen LogP contribution in [0.15, 0.2) is 4.99 Å². The Balaban J connectivity index is 1.50. The average Bonchev–Trinajstić information content (AvgIpc) is 3.24. The van der Waals surface area contributed by atoms with E-state index >= 15 is 0 Å². The number of hydrogen-bond donors (Lipinski definition) is 1. The summed E-state index contributed by atoms with van der Waals surface area (Å²) in [6.45, 7) is 11.1. The van der Waals surface area contributed by atoms with Crippen LogP contribution in [-0.2, 0) is 6.54 Å². The first-order chi connectivity index (χ1) is 11.2. The van der Waals surface area contributed by atoms with Crippen LogP contribution in [0.4, 0.5) is 0 Å². The first-order valence-corrected chi connectivity index (χ1v) is 9.58. The summed E-state index contributed by atoms with van der Waals surface area (Å²) in [6, 6.07) is 0. The third-order valence-corrected chi connectivity index (χ3v) is 5.99. The molecule has 0 spiro atoms. The zero-order valence-electron chi connectivity index (χ0n) is 14.6. The Hall–Kier alpha value is -1.14. The number of aliphatic imine (C=N–C) groups is 1. The molecule has 1 atom stereocenters. The molecule has 3 heterocycles. The third-order valence-electron chi connectivity index (χ3n) is 4.92. The molecule has 1 aromatic heterocycles. The topological polar surface area (TPSA) is 43.8 Å². The summed E-state index contributed by atoms with van der Waals surface area (Å²) >= 11 is 1.78. The molecule has 23 heavy (non-hydrogen) atoms. The van der Waals surface area contributed by atoms with E-state index in [1.54, 1.807) is 11.3 Å². The lowest BCUT2D eigenvalue weighted by atomic mass is 10.1. The van der Waals surface area contributed by atoms with E-state index in [2.05, 4.69) is 38.9 Å². The Labute approximate surface area is 143 Å². The number of thiazole rings is 1. The smallest absolute Gasteiger partial charge is 0.193 e. The van der Waals surface area contributed by atoms with Crippen LogP contribution in [0.25, 0.3) is 0 Å². The van der Waals surface area contributed by atoms with E-state index in [-0.39, 0.29) is 0 Å². The van der Waals surface area contributed by atoms with Gasteiger partial charge in [-0.05, 0) is 52.1 Å². The van der Waals surface area contributed by atoms with Crippen molar-refractivity contribution in [1.82, 2.24) is 20.1 Å². The van der Waals surface area contributed by atoms with E-state index in [1.807, 2.05) is 7.05 Å². The van der Waals surface area contributed by atoms with Gasteiger partial charge in [-0.15, -0.1) is 11.3 Å². The zero-order chi connectivity index (χ0) is 16.2. The van der Waals surface area contributed by atoms with Crippen molar-refractivity contribution in [2.24, 2.45) is 10.9 Å². The normalized spacial score (nSPS) is 23.0. The molecule has 0 aromatic carbocycles. The van der Waals surface area contributed by atoms with Crippen LogP contribution in [0.2, 0.25) is 0 Å². The zero-order valence-corrected chi connectivity index (χ0v) is 15.5. The maximum Gasteiger partial charge on any atom is 0.193 e. The van der Waals surface area contributed by atoms with E-state index < -0.39 is 0 Å². The molecule has 2 aliphatic rings. The Bertz CT molecular complexity index is 547. The lowest BCUT2D eigenvalue weighted by Crippen LogP contribution is -2.40. The number of rotatable bonds is 4. The molecular weight excluding hydrogens is 306 g/mol.